The van der Waals surface area contributed by atoms with Crippen molar-refractivity contribution in [3.8, 4) is 5.75 Å². The summed E-state index contributed by atoms with van der Waals surface area (Å²) in [6.07, 6.45) is 0. The number of benzene rings is 1. The van der Waals surface area contributed by atoms with Crippen LogP contribution in [0.4, 0.5) is 5.69 Å². The Morgan fingerprint density at radius 3 is 3.00 bits per heavy atom. The fraction of sp³-hybridized carbons (Fsp3) is 0.462. The third-order valence-corrected chi connectivity index (χ3v) is 3.32. The molecule has 1 aliphatic heterocycles. The highest BCUT2D eigenvalue weighted by Gasteiger charge is 2.31. The lowest BCUT2D eigenvalue weighted by Gasteiger charge is -2.34. The molecule has 2 rings (SSSR count). The van der Waals surface area contributed by atoms with E-state index in [1.165, 1.54) is 30.2 Å². The molecule has 0 saturated carbocycles. The Kier molecular flexibility index (Phi) is 4.71. The van der Waals surface area contributed by atoms with Gasteiger partial charge in [0, 0.05) is 12.6 Å². The number of hydrogen-bond acceptors (Lipinski definition) is 6. The Balaban J connectivity index is 2.38. The third-order valence-electron chi connectivity index (χ3n) is 3.32. The van der Waals surface area contributed by atoms with E-state index in [4.69, 9.17) is 9.47 Å². The molecule has 0 bridgehead atoms. The van der Waals surface area contributed by atoms with Crippen LogP contribution in [0.15, 0.2) is 18.2 Å². The number of aliphatic hydroxyl groups excluding tert-OH is 1. The van der Waals surface area contributed by atoms with Gasteiger partial charge in [-0.2, -0.15) is 0 Å². The first-order valence-corrected chi connectivity index (χ1v) is 6.41. The minimum Gasteiger partial charge on any atom is -0.490 e. The van der Waals surface area contributed by atoms with Crippen molar-refractivity contribution in [2.24, 2.45) is 0 Å². The summed E-state index contributed by atoms with van der Waals surface area (Å²) >= 11 is 0. The molecular formula is C13H16N2O6. The number of aliphatic hydroxyl groups is 1. The summed E-state index contributed by atoms with van der Waals surface area (Å²) in [6, 6.07) is 3.72. The van der Waals surface area contributed by atoms with Crippen molar-refractivity contribution in [2.75, 3.05) is 33.5 Å². The summed E-state index contributed by atoms with van der Waals surface area (Å²) < 4.78 is 10.3. The molecule has 1 amide bonds. The Labute approximate surface area is 121 Å². The molecule has 0 radical (unpaired) electrons. The standard InChI is InChI=1S/C13H16N2O6/c1-20-12-10(3-2-4-11(12)15(18)19)13(17)14-5-6-21-8-9(14)7-16/h2-4,9,16H,5-8H2,1H3. The van der Waals surface area contributed by atoms with Gasteiger partial charge in [-0.3, -0.25) is 14.9 Å². The number of nitrogens with zero attached hydrogens (tertiary/aromatic N) is 2. The highest BCUT2D eigenvalue weighted by atomic mass is 16.6. The van der Waals surface area contributed by atoms with Crippen LogP contribution in [0.3, 0.4) is 0 Å². The summed E-state index contributed by atoms with van der Waals surface area (Å²) in [7, 11) is 1.28. The van der Waals surface area contributed by atoms with Crippen LogP contribution in [0.25, 0.3) is 0 Å². The molecule has 1 atom stereocenters. The summed E-state index contributed by atoms with van der Waals surface area (Å²) in [6.45, 7) is 0.678. The number of carbonyl (C=O) groups is 1. The zero-order valence-corrected chi connectivity index (χ0v) is 11.5. The zero-order chi connectivity index (χ0) is 15.4. The number of carbonyl (C=O) groups excluding carboxylic acids is 1. The van der Waals surface area contributed by atoms with Crippen molar-refractivity contribution >= 4 is 11.6 Å². The third kappa shape index (κ3) is 2.96. The van der Waals surface area contributed by atoms with Gasteiger partial charge in [0.2, 0.25) is 5.75 Å². The lowest BCUT2D eigenvalue weighted by atomic mass is 10.1. The topological polar surface area (TPSA) is 102 Å². The molecule has 1 aliphatic rings. The molecule has 114 valence electrons. The molecule has 1 N–H and O–H groups in total. The van der Waals surface area contributed by atoms with Gasteiger partial charge in [-0.1, -0.05) is 6.07 Å². The Morgan fingerprint density at radius 1 is 1.62 bits per heavy atom. The second-order valence-corrected chi connectivity index (χ2v) is 4.52. The summed E-state index contributed by atoms with van der Waals surface area (Å²) in [5.41, 5.74) is -0.163. The van der Waals surface area contributed by atoms with E-state index >= 15 is 0 Å². The van der Waals surface area contributed by atoms with Crippen molar-refractivity contribution in [1.29, 1.82) is 0 Å². The largest absolute Gasteiger partial charge is 0.490 e. The molecule has 1 heterocycles. The van der Waals surface area contributed by atoms with Gasteiger partial charge in [0.15, 0.2) is 0 Å². The van der Waals surface area contributed by atoms with Crippen LogP contribution in [0, 0.1) is 10.1 Å². The van der Waals surface area contributed by atoms with Gasteiger partial charge < -0.3 is 19.5 Å². The molecule has 1 saturated heterocycles. The van der Waals surface area contributed by atoms with Crippen molar-refractivity contribution in [3.63, 3.8) is 0 Å². The minimum absolute atomic E-state index is 0.0734. The van der Waals surface area contributed by atoms with E-state index in [-0.39, 0.29) is 30.2 Å². The van der Waals surface area contributed by atoms with E-state index < -0.39 is 16.9 Å². The van der Waals surface area contributed by atoms with E-state index in [1.807, 2.05) is 0 Å². The van der Waals surface area contributed by atoms with E-state index in [0.717, 1.165) is 0 Å². The van der Waals surface area contributed by atoms with Gasteiger partial charge in [-0.15, -0.1) is 0 Å². The maximum absolute atomic E-state index is 12.6. The lowest BCUT2D eigenvalue weighted by Crippen LogP contribution is -2.50. The molecule has 0 aliphatic carbocycles. The predicted molar refractivity (Wildman–Crippen MR) is 72.4 cm³/mol. The first kappa shape index (κ1) is 15.2. The van der Waals surface area contributed by atoms with Crippen LogP contribution in [-0.2, 0) is 4.74 Å². The average molecular weight is 296 g/mol. The maximum Gasteiger partial charge on any atom is 0.311 e. The van der Waals surface area contributed by atoms with Crippen LogP contribution in [0.5, 0.6) is 5.75 Å². The van der Waals surface area contributed by atoms with Gasteiger partial charge >= 0.3 is 5.69 Å². The van der Waals surface area contributed by atoms with Gasteiger partial charge in [0.25, 0.3) is 5.91 Å². The van der Waals surface area contributed by atoms with E-state index in [9.17, 15) is 20.0 Å². The highest BCUT2D eigenvalue weighted by molar-refractivity contribution is 5.98. The second-order valence-electron chi connectivity index (χ2n) is 4.52. The first-order chi connectivity index (χ1) is 10.1. The molecule has 8 nitrogen and oxygen atoms in total. The van der Waals surface area contributed by atoms with E-state index in [0.29, 0.717) is 13.2 Å². The van der Waals surface area contributed by atoms with Crippen molar-refractivity contribution in [1.82, 2.24) is 4.90 Å². The minimum atomic E-state index is -0.599. The number of methoxy groups -OCH3 is 1. The first-order valence-electron chi connectivity index (χ1n) is 6.41. The number of nitro benzene ring substituents is 1. The monoisotopic (exact) mass is 296 g/mol. The molecule has 1 aromatic carbocycles. The molecule has 0 spiro atoms. The fourth-order valence-electron chi connectivity index (χ4n) is 2.28. The normalized spacial score (nSPS) is 18.4. The number of hydrogen-bond donors (Lipinski definition) is 1. The molecule has 1 unspecified atom stereocenters. The summed E-state index contributed by atoms with van der Waals surface area (Å²) in [5, 5.41) is 20.3. The quantitative estimate of drug-likeness (QED) is 0.639. The number of para-hydroxylation sites is 1. The number of rotatable bonds is 4. The maximum atomic E-state index is 12.6. The summed E-state index contributed by atoms with van der Waals surface area (Å²) in [5.74, 6) is -0.492. The second kappa shape index (κ2) is 6.51. The van der Waals surface area contributed by atoms with E-state index in [2.05, 4.69) is 0 Å². The Morgan fingerprint density at radius 2 is 2.38 bits per heavy atom. The SMILES string of the molecule is COc1c(C(=O)N2CCOCC2CO)cccc1[N+](=O)[O-]. The van der Waals surface area contributed by atoms with Gasteiger partial charge in [0.1, 0.15) is 0 Å². The number of amides is 1. The number of nitro groups is 1. The van der Waals surface area contributed by atoms with Crippen LogP contribution in [0.1, 0.15) is 10.4 Å². The van der Waals surface area contributed by atoms with Crippen LogP contribution >= 0.6 is 0 Å². The Hall–Kier alpha value is -2.19. The van der Waals surface area contributed by atoms with Crippen molar-refractivity contribution in [3.05, 3.63) is 33.9 Å². The molecular weight excluding hydrogens is 280 g/mol. The summed E-state index contributed by atoms with van der Waals surface area (Å²) in [4.78, 5) is 24.4. The van der Waals surface area contributed by atoms with Crippen LogP contribution in [0.2, 0.25) is 0 Å². The van der Waals surface area contributed by atoms with Gasteiger partial charge in [0.05, 0.1) is 43.5 Å². The van der Waals surface area contributed by atoms with Crippen LogP contribution < -0.4 is 4.74 Å². The molecule has 1 fully saturated rings. The zero-order valence-electron chi connectivity index (χ0n) is 11.5. The van der Waals surface area contributed by atoms with Crippen molar-refractivity contribution in [2.45, 2.75) is 6.04 Å². The molecule has 8 heteroatoms. The smallest absolute Gasteiger partial charge is 0.311 e. The molecule has 1 aromatic rings. The average Bonchev–Trinajstić information content (AvgIpc) is 2.53. The predicted octanol–water partition coefficient (Wildman–Crippen LogP) is 0.437. The van der Waals surface area contributed by atoms with E-state index in [1.54, 1.807) is 0 Å². The Bertz CT molecular complexity index is 547. The lowest BCUT2D eigenvalue weighted by molar-refractivity contribution is -0.385. The molecule has 21 heavy (non-hydrogen) atoms. The fourth-order valence-corrected chi connectivity index (χ4v) is 2.28. The number of ether oxygens (including phenoxy) is 2. The van der Waals surface area contributed by atoms with Crippen LogP contribution in [-0.4, -0.2) is 60.4 Å². The van der Waals surface area contributed by atoms with Crippen molar-refractivity contribution < 1.29 is 24.3 Å². The van der Waals surface area contributed by atoms with Gasteiger partial charge in [-0.25, -0.2) is 0 Å². The molecule has 0 aromatic heterocycles. The number of morpholine rings is 1. The van der Waals surface area contributed by atoms with Gasteiger partial charge in [-0.05, 0) is 6.07 Å². The highest BCUT2D eigenvalue weighted by Crippen LogP contribution is 2.31.